The maximum Gasteiger partial charge on any atom is 0.0571 e. The Balaban J connectivity index is 1.81. The lowest BCUT2D eigenvalue weighted by Gasteiger charge is -2.30. The first-order chi connectivity index (χ1) is 9.28. The van der Waals surface area contributed by atoms with Gasteiger partial charge in [-0.05, 0) is 30.4 Å². The van der Waals surface area contributed by atoms with E-state index >= 15 is 0 Å². The highest BCUT2D eigenvalue weighted by atomic mass is 35.5. The van der Waals surface area contributed by atoms with Crippen LogP contribution in [0.25, 0.3) is 0 Å². The molecule has 19 heavy (non-hydrogen) atoms. The monoisotopic (exact) mass is 312 g/mol. The van der Waals surface area contributed by atoms with E-state index in [0.29, 0.717) is 18.6 Å². The summed E-state index contributed by atoms with van der Waals surface area (Å²) in [7, 11) is 0. The molecule has 2 heterocycles. The van der Waals surface area contributed by atoms with Crippen LogP contribution >= 0.6 is 34.3 Å². The van der Waals surface area contributed by atoms with E-state index in [9.17, 15) is 0 Å². The van der Waals surface area contributed by atoms with Crippen molar-refractivity contribution in [1.29, 1.82) is 0 Å². The zero-order valence-corrected chi connectivity index (χ0v) is 13.0. The first kappa shape index (κ1) is 13.6. The Kier molecular flexibility index (Phi) is 4.24. The Labute approximate surface area is 126 Å². The number of hydrogen-bond donors (Lipinski definition) is 1. The summed E-state index contributed by atoms with van der Waals surface area (Å²) in [5.74, 6) is 0. The van der Waals surface area contributed by atoms with Crippen LogP contribution in [0.2, 0.25) is 5.02 Å². The Bertz CT molecular complexity index is 519. The number of nitrogens with two attached hydrogens (primary N) is 1. The Morgan fingerprint density at radius 2 is 2.26 bits per heavy atom. The fraction of sp³-hybridized carbons (Fsp3) is 0.429. The average Bonchev–Trinajstić information content (AvgIpc) is 2.95. The molecule has 0 aliphatic heterocycles. The van der Waals surface area contributed by atoms with E-state index in [-0.39, 0.29) is 0 Å². The molecule has 0 aromatic carbocycles. The third-order valence-corrected chi connectivity index (χ3v) is 5.72. The SMILES string of the molecule is NCC(c1cc(Cl)cs1)N(Cc1cccs1)C1CC1. The fourth-order valence-corrected chi connectivity index (χ4v) is 4.33. The number of hydrogen-bond acceptors (Lipinski definition) is 4. The molecule has 3 rings (SSSR count). The zero-order valence-electron chi connectivity index (χ0n) is 10.6. The number of nitrogens with zero attached hydrogens (tertiary/aromatic N) is 1. The molecule has 2 aromatic rings. The summed E-state index contributed by atoms with van der Waals surface area (Å²) < 4.78 is 0. The zero-order chi connectivity index (χ0) is 13.2. The summed E-state index contributed by atoms with van der Waals surface area (Å²) in [6.45, 7) is 1.65. The van der Waals surface area contributed by atoms with Crippen molar-refractivity contribution in [2.45, 2.75) is 31.5 Å². The highest BCUT2D eigenvalue weighted by Crippen LogP contribution is 2.38. The van der Waals surface area contributed by atoms with Gasteiger partial charge in [-0.1, -0.05) is 17.7 Å². The van der Waals surface area contributed by atoms with E-state index < -0.39 is 0 Å². The molecule has 2 nitrogen and oxygen atoms in total. The third-order valence-electron chi connectivity index (χ3n) is 3.47. The van der Waals surface area contributed by atoms with Gasteiger partial charge in [-0.3, -0.25) is 4.90 Å². The largest absolute Gasteiger partial charge is 0.329 e. The van der Waals surface area contributed by atoms with E-state index in [2.05, 4.69) is 28.5 Å². The van der Waals surface area contributed by atoms with Crippen molar-refractivity contribution < 1.29 is 0 Å². The maximum absolute atomic E-state index is 6.06. The second-order valence-corrected chi connectivity index (χ2v) is 7.31. The van der Waals surface area contributed by atoms with Gasteiger partial charge in [0.15, 0.2) is 0 Å². The Morgan fingerprint density at radius 3 is 2.79 bits per heavy atom. The molecule has 0 saturated heterocycles. The van der Waals surface area contributed by atoms with Crippen LogP contribution in [0, 0.1) is 0 Å². The molecule has 5 heteroatoms. The molecule has 2 N–H and O–H groups in total. The molecule has 1 saturated carbocycles. The smallest absolute Gasteiger partial charge is 0.0571 e. The summed E-state index contributed by atoms with van der Waals surface area (Å²) in [5.41, 5.74) is 6.03. The average molecular weight is 313 g/mol. The molecule has 1 atom stereocenters. The lowest BCUT2D eigenvalue weighted by Crippen LogP contribution is -2.34. The van der Waals surface area contributed by atoms with Gasteiger partial charge in [0.05, 0.1) is 11.1 Å². The van der Waals surface area contributed by atoms with Gasteiger partial charge in [0.2, 0.25) is 0 Å². The van der Waals surface area contributed by atoms with Gasteiger partial charge in [0.1, 0.15) is 0 Å². The van der Waals surface area contributed by atoms with Gasteiger partial charge in [0.25, 0.3) is 0 Å². The number of halogens is 1. The molecule has 1 aliphatic carbocycles. The second-order valence-electron chi connectivity index (χ2n) is 4.90. The molecule has 1 aliphatic rings. The molecule has 0 radical (unpaired) electrons. The first-order valence-electron chi connectivity index (χ1n) is 6.50. The highest BCUT2D eigenvalue weighted by molar-refractivity contribution is 7.10. The minimum absolute atomic E-state index is 0.298. The molecular formula is C14H17ClN2S2. The number of rotatable bonds is 6. The van der Waals surface area contributed by atoms with Crippen molar-refractivity contribution in [3.8, 4) is 0 Å². The van der Waals surface area contributed by atoms with Crippen LogP contribution in [0.3, 0.4) is 0 Å². The highest BCUT2D eigenvalue weighted by Gasteiger charge is 2.34. The molecule has 0 amide bonds. The van der Waals surface area contributed by atoms with E-state index in [1.165, 1.54) is 22.6 Å². The van der Waals surface area contributed by atoms with Gasteiger partial charge >= 0.3 is 0 Å². The van der Waals surface area contributed by atoms with Crippen molar-refractivity contribution in [2.75, 3.05) is 6.54 Å². The summed E-state index contributed by atoms with van der Waals surface area (Å²) in [4.78, 5) is 5.25. The van der Waals surface area contributed by atoms with Gasteiger partial charge in [-0.2, -0.15) is 0 Å². The predicted octanol–water partition coefficient (Wildman–Crippen LogP) is 4.13. The molecule has 0 bridgehead atoms. The minimum atomic E-state index is 0.298. The van der Waals surface area contributed by atoms with E-state index in [1.807, 2.05) is 16.7 Å². The molecule has 1 unspecified atom stereocenters. The van der Waals surface area contributed by atoms with E-state index in [1.54, 1.807) is 11.3 Å². The van der Waals surface area contributed by atoms with Crippen molar-refractivity contribution in [2.24, 2.45) is 5.73 Å². The molecule has 2 aromatic heterocycles. The van der Waals surface area contributed by atoms with E-state index in [4.69, 9.17) is 17.3 Å². The molecule has 1 fully saturated rings. The van der Waals surface area contributed by atoms with Crippen molar-refractivity contribution in [3.63, 3.8) is 0 Å². The maximum atomic E-state index is 6.06. The topological polar surface area (TPSA) is 29.3 Å². The Hall–Kier alpha value is -0.390. The summed E-state index contributed by atoms with van der Waals surface area (Å²) in [6, 6.07) is 7.37. The lowest BCUT2D eigenvalue weighted by atomic mass is 10.2. The Morgan fingerprint density at radius 1 is 1.42 bits per heavy atom. The number of thiophene rings is 2. The summed E-state index contributed by atoms with van der Waals surface area (Å²) in [5, 5.41) is 4.96. The van der Waals surface area contributed by atoms with Crippen LogP contribution in [0.15, 0.2) is 29.0 Å². The van der Waals surface area contributed by atoms with Crippen LogP contribution in [0.5, 0.6) is 0 Å². The third kappa shape index (κ3) is 3.20. The van der Waals surface area contributed by atoms with Gasteiger partial charge in [-0.15, -0.1) is 22.7 Å². The first-order valence-corrected chi connectivity index (χ1v) is 8.64. The second kappa shape index (κ2) is 5.94. The van der Waals surface area contributed by atoms with Gasteiger partial charge in [0, 0.05) is 34.3 Å². The van der Waals surface area contributed by atoms with Crippen LogP contribution in [-0.4, -0.2) is 17.5 Å². The minimum Gasteiger partial charge on any atom is -0.329 e. The van der Waals surface area contributed by atoms with Crippen molar-refractivity contribution in [1.82, 2.24) is 4.90 Å². The summed E-state index contributed by atoms with van der Waals surface area (Å²) >= 11 is 9.59. The lowest BCUT2D eigenvalue weighted by molar-refractivity contribution is 0.186. The molecule has 102 valence electrons. The molecular weight excluding hydrogens is 296 g/mol. The van der Waals surface area contributed by atoms with Gasteiger partial charge in [-0.25, -0.2) is 0 Å². The van der Waals surface area contributed by atoms with Crippen LogP contribution in [0.4, 0.5) is 0 Å². The van der Waals surface area contributed by atoms with Crippen molar-refractivity contribution in [3.05, 3.63) is 43.7 Å². The standard InChI is InChI=1S/C14H17ClN2S2/c15-10-6-14(19-9-10)13(7-16)17(11-3-4-11)8-12-2-1-5-18-12/h1-2,5-6,9,11,13H,3-4,7-8,16H2. The molecule has 0 spiro atoms. The van der Waals surface area contributed by atoms with Crippen LogP contribution < -0.4 is 5.73 Å². The van der Waals surface area contributed by atoms with Crippen molar-refractivity contribution >= 4 is 34.3 Å². The fourth-order valence-electron chi connectivity index (χ4n) is 2.40. The normalized spacial score (nSPS) is 17.0. The van der Waals surface area contributed by atoms with Crippen LogP contribution in [0.1, 0.15) is 28.6 Å². The summed E-state index contributed by atoms with van der Waals surface area (Å²) in [6.07, 6.45) is 2.59. The quantitative estimate of drug-likeness (QED) is 0.869. The van der Waals surface area contributed by atoms with Crippen LogP contribution in [-0.2, 0) is 6.54 Å². The predicted molar refractivity (Wildman–Crippen MR) is 84.0 cm³/mol. The van der Waals surface area contributed by atoms with E-state index in [0.717, 1.165) is 11.6 Å². The van der Waals surface area contributed by atoms with Gasteiger partial charge < -0.3 is 5.73 Å².